The summed E-state index contributed by atoms with van der Waals surface area (Å²) >= 11 is 0. The molecule has 56 heavy (non-hydrogen) atoms. The highest BCUT2D eigenvalue weighted by Gasteiger charge is 2.48. The van der Waals surface area contributed by atoms with Crippen LogP contribution in [0.4, 0.5) is 5.69 Å². The van der Waals surface area contributed by atoms with Crippen LogP contribution in [0.15, 0.2) is 51.3 Å². The molecule has 0 saturated carbocycles. The van der Waals surface area contributed by atoms with Gasteiger partial charge in [0.25, 0.3) is 11.7 Å². The molecule has 3 heterocycles. The number of anilines is 1. The van der Waals surface area contributed by atoms with Gasteiger partial charge < -0.3 is 49.9 Å². The molecule has 6 N–H and O–H groups in total. The lowest BCUT2D eigenvalue weighted by Crippen LogP contribution is -2.46. The van der Waals surface area contributed by atoms with E-state index in [1.807, 2.05) is 13.8 Å². The van der Waals surface area contributed by atoms with Crippen LogP contribution in [0.2, 0.25) is 0 Å². The van der Waals surface area contributed by atoms with Crippen molar-refractivity contribution in [3.63, 3.8) is 0 Å². The van der Waals surface area contributed by atoms with Crippen molar-refractivity contribution in [2.75, 3.05) is 19.0 Å². The van der Waals surface area contributed by atoms with Crippen molar-refractivity contribution in [2.24, 2.45) is 38.8 Å². The summed E-state index contributed by atoms with van der Waals surface area (Å²) in [6.45, 7) is 16.8. The lowest BCUT2D eigenvalue weighted by Gasteiger charge is -2.38. The molecule has 4 bridgehead atoms. The number of nitrogens with zero attached hydrogens (tertiary/aromatic N) is 3. The molecule has 9 atom stereocenters. The SMILES string of the molecule is CO[C@H]1/C=C/O[C@@]2(C)Oc3c(C)c(O)c4c(O)c(c5c(c4c3/C2=N/O)=NC(C)(C)CN=5)NC(=O)/C(C)=C\C=C\[C@H](C)[C@H](O)[C@@H](C)[C@@H](O)[C@@H](C)[C@H](OC(C)=O)C1C. The van der Waals surface area contributed by atoms with Gasteiger partial charge >= 0.3 is 5.97 Å². The predicted octanol–water partition coefficient (Wildman–Crippen LogP) is 4.08. The van der Waals surface area contributed by atoms with Crippen molar-refractivity contribution in [1.82, 2.24) is 0 Å². The van der Waals surface area contributed by atoms with Gasteiger partial charge in [0.05, 0.1) is 53.0 Å². The molecule has 0 aromatic heterocycles. The number of ether oxygens (including phenoxy) is 4. The number of aromatic hydroxyl groups is 2. The zero-order chi connectivity index (χ0) is 41.6. The Morgan fingerprint density at radius 1 is 0.982 bits per heavy atom. The summed E-state index contributed by atoms with van der Waals surface area (Å²) in [4.78, 5) is 35.7. The average molecular weight is 779 g/mol. The van der Waals surface area contributed by atoms with E-state index in [1.165, 1.54) is 27.2 Å². The summed E-state index contributed by atoms with van der Waals surface area (Å²) in [5.41, 5.74) is -0.318. The number of carbonyl (C=O) groups excluding carboxylic acids is 2. The number of esters is 1. The van der Waals surface area contributed by atoms with Gasteiger partial charge in [0.15, 0.2) is 11.5 Å². The van der Waals surface area contributed by atoms with Crippen LogP contribution in [-0.4, -0.2) is 92.6 Å². The number of methoxy groups -OCH3 is 1. The van der Waals surface area contributed by atoms with Crippen molar-refractivity contribution < 1.29 is 54.2 Å². The first-order chi connectivity index (χ1) is 26.2. The molecule has 3 aliphatic heterocycles. The molecule has 0 radical (unpaired) electrons. The van der Waals surface area contributed by atoms with E-state index in [0.717, 1.165) is 0 Å². The first-order valence-corrected chi connectivity index (χ1v) is 18.7. The predicted molar refractivity (Wildman–Crippen MR) is 207 cm³/mol. The Hall–Kier alpha value is -4.99. The third-order valence-electron chi connectivity index (χ3n) is 11.1. The van der Waals surface area contributed by atoms with Gasteiger partial charge in [-0.3, -0.25) is 19.6 Å². The zero-order valence-corrected chi connectivity index (χ0v) is 33.7. The first kappa shape index (κ1) is 42.2. The van der Waals surface area contributed by atoms with Crippen LogP contribution in [0.1, 0.15) is 73.4 Å². The Balaban J connectivity index is 1.76. The van der Waals surface area contributed by atoms with Crippen molar-refractivity contribution in [2.45, 2.75) is 105 Å². The van der Waals surface area contributed by atoms with Gasteiger partial charge in [0, 0.05) is 61.2 Å². The number of nitrogens with one attached hydrogen (secondary N) is 1. The molecule has 1 amide bonds. The first-order valence-electron chi connectivity index (χ1n) is 18.7. The minimum atomic E-state index is -1.80. The van der Waals surface area contributed by atoms with E-state index in [0.29, 0.717) is 0 Å². The Bertz CT molecular complexity index is 2160. The topological polar surface area (TPSA) is 221 Å². The number of hydrogen-bond donors (Lipinski definition) is 6. The van der Waals surface area contributed by atoms with Gasteiger partial charge in [-0.15, -0.1) is 0 Å². The number of aliphatic hydroxyl groups is 2. The number of oxime groups is 1. The molecular formula is C41H54N4O11. The molecular weight excluding hydrogens is 724 g/mol. The highest BCUT2D eigenvalue weighted by Crippen LogP contribution is 2.49. The van der Waals surface area contributed by atoms with Crippen LogP contribution in [0.5, 0.6) is 17.2 Å². The van der Waals surface area contributed by atoms with Crippen molar-refractivity contribution in [3.05, 3.63) is 58.0 Å². The quantitative estimate of drug-likeness (QED) is 0.110. The van der Waals surface area contributed by atoms with Crippen LogP contribution in [0.25, 0.3) is 10.8 Å². The Kier molecular flexibility index (Phi) is 11.9. The number of allylic oxidation sites excluding steroid dienone is 2. The van der Waals surface area contributed by atoms with Crippen LogP contribution in [0, 0.1) is 30.6 Å². The zero-order valence-electron chi connectivity index (χ0n) is 33.7. The fraction of sp³-hybridized carbons (Fsp3) is 0.537. The maximum absolute atomic E-state index is 13.7. The highest BCUT2D eigenvalue weighted by atomic mass is 16.7. The van der Waals surface area contributed by atoms with Crippen LogP contribution in [0.3, 0.4) is 0 Å². The molecule has 15 heteroatoms. The maximum atomic E-state index is 13.7. The number of fused-ring (bicyclic) bond motifs is 1. The Morgan fingerprint density at radius 3 is 2.29 bits per heavy atom. The number of amides is 1. The normalized spacial score (nSPS) is 33.6. The summed E-state index contributed by atoms with van der Waals surface area (Å²) in [7, 11) is 1.47. The third-order valence-corrected chi connectivity index (χ3v) is 11.1. The van der Waals surface area contributed by atoms with E-state index in [9.17, 15) is 35.2 Å². The number of phenolic OH excluding ortho intramolecular Hbond substituents is 2. The van der Waals surface area contributed by atoms with E-state index in [4.69, 9.17) is 28.9 Å². The lowest BCUT2D eigenvalue weighted by atomic mass is 9.78. The van der Waals surface area contributed by atoms with E-state index in [-0.39, 0.29) is 67.6 Å². The number of phenols is 2. The molecule has 304 valence electrons. The standard InChI is InChI=1S/C41H54N4O11/c1-18-13-12-14-19(2)39(51)43-31-30-29(44-40(8,9)17-42-30)26-27(35(31)50)34(49)23(6)37-28(26)38(45-52)41(10,56-37)54-16-15-25(53-11)20(3)36(55-24(7)46)22(5)33(48)21(4)32(18)47/h12-16,18,20-22,25,32-33,36,47-50,52H,17H2,1-11H3,(H,43,51)/b13-12+,16-15+,19-14-,45-38-/t18-,20?,21+,22+,25-,32-,33+,36+,41-/m0/s1. The van der Waals surface area contributed by atoms with Crippen LogP contribution < -0.4 is 20.8 Å². The van der Waals surface area contributed by atoms with Crippen LogP contribution in [-0.2, 0) is 23.8 Å². The monoisotopic (exact) mass is 778 g/mol. The minimum absolute atomic E-state index is 0.0755. The second-order valence-corrected chi connectivity index (χ2v) is 15.9. The average Bonchev–Trinajstić information content (AvgIpc) is 3.44. The number of hydrogen-bond acceptors (Lipinski definition) is 14. The summed E-state index contributed by atoms with van der Waals surface area (Å²) in [5.74, 6) is -6.07. The molecule has 2 aromatic carbocycles. The van der Waals surface area contributed by atoms with E-state index >= 15 is 0 Å². The number of rotatable bonds is 2. The summed E-state index contributed by atoms with van der Waals surface area (Å²) in [6.07, 6.45) is 3.97. The van der Waals surface area contributed by atoms with Gasteiger partial charge in [-0.2, -0.15) is 0 Å². The Labute approximate surface area is 325 Å². The summed E-state index contributed by atoms with van der Waals surface area (Å²) < 4.78 is 24.1. The number of benzene rings is 2. The number of carbonyl (C=O) groups is 2. The van der Waals surface area contributed by atoms with Crippen LogP contribution >= 0.6 is 0 Å². The van der Waals surface area contributed by atoms with Gasteiger partial charge in [-0.1, -0.05) is 51.1 Å². The second-order valence-electron chi connectivity index (χ2n) is 15.9. The molecule has 5 rings (SSSR count). The van der Waals surface area contributed by atoms with E-state index < -0.39 is 77.0 Å². The van der Waals surface area contributed by atoms with Gasteiger partial charge in [-0.25, -0.2) is 0 Å². The molecule has 0 spiro atoms. The van der Waals surface area contributed by atoms with Crippen molar-refractivity contribution >= 4 is 34.0 Å². The van der Waals surface area contributed by atoms with Crippen molar-refractivity contribution in [3.8, 4) is 17.2 Å². The fourth-order valence-corrected chi connectivity index (χ4v) is 7.73. The molecule has 0 aliphatic carbocycles. The molecule has 0 fully saturated rings. The van der Waals surface area contributed by atoms with Gasteiger partial charge in [0.1, 0.15) is 28.6 Å². The smallest absolute Gasteiger partial charge is 0.302 e. The molecule has 3 aliphatic rings. The Morgan fingerprint density at radius 2 is 1.66 bits per heavy atom. The molecule has 2 aromatic rings. The van der Waals surface area contributed by atoms with Gasteiger partial charge in [0.2, 0.25) is 0 Å². The fourth-order valence-electron chi connectivity index (χ4n) is 7.73. The summed E-state index contributed by atoms with van der Waals surface area (Å²) in [5, 5.41) is 63.8. The second kappa shape index (κ2) is 15.9. The highest BCUT2D eigenvalue weighted by molar-refractivity contribution is 6.21. The molecule has 0 saturated heterocycles. The van der Waals surface area contributed by atoms with Crippen molar-refractivity contribution in [1.29, 1.82) is 0 Å². The maximum Gasteiger partial charge on any atom is 0.302 e. The molecule has 15 nitrogen and oxygen atoms in total. The summed E-state index contributed by atoms with van der Waals surface area (Å²) in [6, 6.07) is 0. The van der Waals surface area contributed by atoms with E-state index in [2.05, 4.69) is 10.5 Å². The molecule has 1 unspecified atom stereocenters. The minimum Gasteiger partial charge on any atom is -0.507 e. The lowest BCUT2D eigenvalue weighted by molar-refractivity contribution is -0.160. The van der Waals surface area contributed by atoms with E-state index in [1.54, 1.807) is 65.8 Å². The number of aliphatic hydroxyl groups excluding tert-OH is 2. The third kappa shape index (κ3) is 7.59. The van der Waals surface area contributed by atoms with Gasteiger partial charge in [-0.05, 0) is 33.8 Å². The largest absolute Gasteiger partial charge is 0.507 e.